The summed E-state index contributed by atoms with van der Waals surface area (Å²) in [5.74, 6) is -3.88. The number of carbonyl (C=O) groups excluding carboxylic acids is 1. The molecule has 1 rings (SSSR count). The second kappa shape index (κ2) is 5.43. The van der Waals surface area contributed by atoms with E-state index in [2.05, 4.69) is 0 Å². The van der Waals surface area contributed by atoms with Gasteiger partial charge in [0.15, 0.2) is 5.78 Å². The first-order valence-corrected chi connectivity index (χ1v) is 7.39. The smallest absolute Gasteiger partial charge is 0.369 e. The van der Waals surface area contributed by atoms with E-state index in [1.807, 2.05) is 0 Å². The molecular formula is C10H13F5O5S. The van der Waals surface area contributed by atoms with Gasteiger partial charge in [-0.25, -0.2) is 0 Å². The summed E-state index contributed by atoms with van der Waals surface area (Å²) in [5.41, 5.74) is -5.48. The zero-order valence-corrected chi connectivity index (χ0v) is 11.3. The largest absolute Gasteiger partial charge is 0.431 e. The first-order valence-electron chi connectivity index (χ1n) is 5.95. The number of hydrogen-bond acceptors (Lipinski definition) is 4. The van der Waals surface area contributed by atoms with Crippen molar-refractivity contribution in [2.75, 3.05) is 0 Å². The SMILES string of the molecule is O=C(C1CCCCC1)C(O)(C(F)(F)F)C(F)(F)S(=O)(=O)O. The van der Waals surface area contributed by atoms with Gasteiger partial charge in [0.1, 0.15) is 0 Å². The molecule has 2 N–H and O–H groups in total. The minimum atomic E-state index is -6.65. The molecule has 124 valence electrons. The molecule has 1 aliphatic rings. The quantitative estimate of drug-likeness (QED) is 0.602. The number of alkyl halides is 5. The molecule has 0 saturated heterocycles. The van der Waals surface area contributed by atoms with Crippen LogP contribution in [0.4, 0.5) is 22.0 Å². The molecule has 0 amide bonds. The minimum absolute atomic E-state index is 0.168. The Balaban J connectivity index is 3.38. The van der Waals surface area contributed by atoms with Crippen LogP contribution in [0.3, 0.4) is 0 Å². The second-order valence-electron chi connectivity index (χ2n) is 4.90. The monoisotopic (exact) mass is 340 g/mol. The molecular weight excluding hydrogens is 327 g/mol. The van der Waals surface area contributed by atoms with Gasteiger partial charge in [-0.05, 0) is 12.8 Å². The Labute approximate surface area is 116 Å². The van der Waals surface area contributed by atoms with Crippen molar-refractivity contribution >= 4 is 15.9 Å². The van der Waals surface area contributed by atoms with Gasteiger partial charge < -0.3 is 5.11 Å². The molecule has 1 atom stereocenters. The van der Waals surface area contributed by atoms with E-state index < -0.39 is 38.9 Å². The topological polar surface area (TPSA) is 91.7 Å². The van der Waals surface area contributed by atoms with E-state index >= 15 is 0 Å². The van der Waals surface area contributed by atoms with Gasteiger partial charge >= 0.3 is 27.2 Å². The van der Waals surface area contributed by atoms with Gasteiger partial charge in [0.25, 0.3) is 0 Å². The van der Waals surface area contributed by atoms with Crippen molar-refractivity contribution in [2.45, 2.75) is 49.1 Å². The van der Waals surface area contributed by atoms with Crippen LogP contribution in [0.5, 0.6) is 0 Å². The molecule has 5 nitrogen and oxygen atoms in total. The van der Waals surface area contributed by atoms with Crippen molar-refractivity contribution in [1.29, 1.82) is 0 Å². The van der Waals surface area contributed by atoms with Gasteiger partial charge in [0.05, 0.1) is 0 Å². The second-order valence-corrected chi connectivity index (χ2v) is 6.36. The summed E-state index contributed by atoms with van der Waals surface area (Å²) in [6, 6.07) is 0. The van der Waals surface area contributed by atoms with Crippen LogP contribution in [0.15, 0.2) is 0 Å². The summed E-state index contributed by atoms with van der Waals surface area (Å²) in [4.78, 5) is 11.7. The molecule has 0 aromatic rings. The van der Waals surface area contributed by atoms with Crippen molar-refractivity contribution in [3.8, 4) is 0 Å². The van der Waals surface area contributed by atoms with Crippen LogP contribution in [0.25, 0.3) is 0 Å². The van der Waals surface area contributed by atoms with Crippen LogP contribution < -0.4 is 0 Å². The van der Waals surface area contributed by atoms with Crippen molar-refractivity contribution in [2.24, 2.45) is 5.92 Å². The van der Waals surface area contributed by atoms with E-state index in [1.165, 1.54) is 0 Å². The number of hydrogen-bond donors (Lipinski definition) is 2. The Morgan fingerprint density at radius 2 is 1.43 bits per heavy atom. The molecule has 0 aromatic heterocycles. The van der Waals surface area contributed by atoms with Gasteiger partial charge in [-0.1, -0.05) is 19.3 Å². The van der Waals surface area contributed by atoms with Crippen molar-refractivity contribution < 1.29 is 44.8 Å². The van der Waals surface area contributed by atoms with Crippen molar-refractivity contribution in [1.82, 2.24) is 0 Å². The number of Topliss-reactive ketones (excluding diaryl/α,β-unsaturated/α-hetero) is 1. The van der Waals surface area contributed by atoms with Crippen LogP contribution in [0.2, 0.25) is 0 Å². The summed E-state index contributed by atoms with van der Waals surface area (Å²) in [6.07, 6.45) is -5.43. The van der Waals surface area contributed by atoms with E-state index in [1.54, 1.807) is 0 Å². The molecule has 21 heavy (non-hydrogen) atoms. The number of ketones is 1. The number of carbonyl (C=O) groups is 1. The Morgan fingerprint density at radius 1 is 1.00 bits per heavy atom. The third kappa shape index (κ3) is 2.90. The lowest BCUT2D eigenvalue weighted by Crippen LogP contribution is -2.68. The Kier molecular flexibility index (Phi) is 4.72. The van der Waals surface area contributed by atoms with E-state index in [-0.39, 0.29) is 12.8 Å². The van der Waals surface area contributed by atoms with Crippen LogP contribution in [0, 0.1) is 5.92 Å². The zero-order valence-electron chi connectivity index (χ0n) is 10.5. The van der Waals surface area contributed by atoms with Gasteiger partial charge in [-0.2, -0.15) is 30.4 Å². The summed E-state index contributed by atoms with van der Waals surface area (Å²) >= 11 is 0. The van der Waals surface area contributed by atoms with E-state index in [4.69, 9.17) is 4.55 Å². The average Bonchev–Trinajstić information content (AvgIpc) is 2.35. The minimum Gasteiger partial charge on any atom is -0.369 e. The fourth-order valence-corrected chi connectivity index (χ4v) is 2.88. The van der Waals surface area contributed by atoms with Crippen LogP contribution >= 0.6 is 0 Å². The molecule has 1 unspecified atom stereocenters. The highest BCUT2D eigenvalue weighted by Gasteiger charge is 2.79. The molecule has 0 aromatic carbocycles. The maximum atomic E-state index is 13.5. The Bertz CT molecular complexity index is 508. The highest BCUT2D eigenvalue weighted by Crippen LogP contribution is 2.47. The molecule has 0 heterocycles. The number of halogens is 5. The first-order chi connectivity index (χ1) is 9.27. The fourth-order valence-electron chi connectivity index (χ4n) is 2.29. The number of rotatable bonds is 4. The van der Waals surface area contributed by atoms with Gasteiger partial charge in [-0.15, -0.1) is 0 Å². The molecule has 1 aliphatic carbocycles. The molecule has 1 saturated carbocycles. The normalized spacial score (nSPS) is 21.9. The van der Waals surface area contributed by atoms with E-state index in [0.29, 0.717) is 19.3 Å². The number of aliphatic hydroxyl groups is 1. The standard InChI is InChI=1S/C10H13F5O5S/c11-9(12,13)8(17,10(14,15)21(18,19)20)7(16)6-4-2-1-3-5-6/h6,17H,1-5H2,(H,18,19,20). The molecule has 1 fully saturated rings. The Morgan fingerprint density at radius 3 is 1.76 bits per heavy atom. The zero-order chi connectivity index (χ0) is 16.7. The third-order valence-electron chi connectivity index (χ3n) is 3.49. The van der Waals surface area contributed by atoms with Gasteiger partial charge in [0.2, 0.25) is 0 Å². The molecule has 0 spiro atoms. The molecule has 0 bridgehead atoms. The lowest BCUT2D eigenvalue weighted by molar-refractivity contribution is -0.296. The van der Waals surface area contributed by atoms with Crippen molar-refractivity contribution in [3.05, 3.63) is 0 Å². The van der Waals surface area contributed by atoms with Gasteiger partial charge in [-0.3, -0.25) is 9.35 Å². The van der Waals surface area contributed by atoms with Crippen LogP contribution in [-0.2, 0) is 14.9 Å². The predicted octanol–water partition coefficient (Wildman–Crippen LogP) is 1.91. The summed E-state index contributed by atoms with van der Waals surface area (Å²) < 4.78 is 94.7. The average molecular weight is 340 g/mol. The van der Waals surface area contributed by atoms with Crippen LogP contribution in [0.1, 0.15) is 32.1 Å². The third-order valence-corrected chi connectivity index (χ3v) is 4.43. The van der Waals surface area contributed by atoms with Crippen LogP contribution in [-0.4, -0.2) is 40.9 Å². The summed E-state index contributed by atoms with van der Waals surface area (Å²) in [5, 5.41) is 3.18. The molecule has 0 aliphatic heterocycles. The highest BCUT2D eigenvalue weighted by atomic mass is 32.2. The maximum absolute atomic E-state index is 13.5. The van der Waals surface area contributed by atoms with E-state index in [9.17, 15) is 40.3 Å². The summed E-state index contributed by atoms with van der Waals surface area (Å²) in [6.45, 7) is 0. The Hall–Kier alpha value is -0.810. The predicted molar refractivity (Wildman–Crippen MR) is 59.1 cm³/mol. The van der Waals surface area contributed by atoms with E-state index in [0.717, 1.165) is 0 Å². The molecule has 0 radical (unpaired) electrons. The highest BCUT2D eigenvalue weighted by molar-refractivity contribution is 7.87. The molecule has 11 heteroatoms. The lowest BCUT2D eigenvalue weighted by Gasteiger charge is -2.36. The fraction of sp³-hybridized carbons (Fsp3) is 0.900. The van der Waals surface area contributed by atoms with Crippen molar-refractivity contribution in [3.63, 3.8) is 0 Å². The maximum Gasteiger partial charge on any atom is 0.431 e. The van der Waals surface area contributed by atoms with Gasteiger partial charge in [0, 0.05) is 5.92 Å². The first kappa shape index (κ1) is 18.2. The lowest BCUT2D eigenvalue weighted by atomic mass is 9.79. The summed E-state index contributed by atoms with van der Waals surface area (Å²) in [7, 11) is -6.65.